The molecule has 0 unspecified atom stereocenters. The van der Waals surface area contributed by atoms with Gasteiger partial charge in [-0.2, -0.15) is 0 Å². The molecule has 0 fully saturated rings. The van der Waals surface area contributed by atoms with Gasteiger partial charge in [-0.25, -0.2) is 4.99 Å². The molecule has 0 aromatic heterocycles. The molecule has 0 saturated heterocycles. The number of nitrogens with zero attached hydrogens (tertiary/aromatic N) is 2. The molecule has 160 valence electrons. The molecule has 0 aliphatic rings. The van der Waals surface area contributed by atoms with E-state index >= 15 is 0 Å². The van der Waals surface area contributed by atoms with E-state index in [1.54, 1.807) is 0 Å². The van der Waals surface area contributed by atoms with Gasteiger partial charge in [-0.3, -0.25) is 4.99 Å². The maximum Gasteiger partial charge on any atom is 0.0966 e. The highest BCUT2D eigenvalue weighted by Crippen LogP contribution is 2.36. The first-order valence-corrected chi connectivity index (χ1v) is 11.7. The first kappa shape index (κ1) is 23.4. The Balaban J connectivity index is 2.25. The molecule has 0 aliphatic heterocycles. The van der Waals surface area contributed by atoms with Crippen molar-refractivity contribution in [3.8, 4) is 0 Å². The van der Waals surface area contributed by atoms with E-state index in [0.717, 1.165) is 27.1 Å². The molecule has 2 nitrogen and oxygen atoms in total. The largest absolute Gasteiger partial charge is 0.251 e. The second kappa shape index (κ2) is 10.4. The van der Waals surface area contributed by atoms with E-state index in [9.17, 15) is 0 Å². The minimum atomic E-state index is 0.375. The Kier molecular flexibility index (Phi) is 7.85. The quantitative estimate of drug-likeness (QED) is 0.304. The summed E-state index contributed by atoms with van der Waals surface area (Å²) < 4.78 is 0.853. The lowest BCUT2D eigenvalue weighted by Gasteiger charge is -2.17. The van der Waals surface area contributed by atoms with E-state index in [1.807, 2.05) is 43.3 Å². The van der Waals surface area contributed by atoms with Gasteiger partial charge in [0.2, 0.25) is 0 Å². The summed E-state index contributed by atoms with van der Waals surface area (Å²) in [5.74, 6) is 0.750. The first-order chi connectivity index (χ1) is 14.8. The average molecular weight is 496 g/mol. The van der Waals surface area contributed by atoms with Crippen LogP contribution in [0.15, 0.2) is 81.2 Å². The number of rotatable bonds is 6. The molecule has 0 spiro atoms. The highest BCUT2D eigenvalue weighted by atomic mass is 79.9. The molecule has 3 aromatic rings. The molecule has 0 N–H and O–H groups in total. The maximum absolute atomic E-state index is 6.48. The summed E-state index contributed by atoms with van der Waals surface area (Å²) >= 11 is 10.1. The number of benzene rings is 3. The zero-order valence-corrected chi connectivity index (χ0v) is 21.0. The fourth-order valence-corrected chi connectivity index (χ4v) is 4.31. The fourth-order valence-electron chi connectivity index (χ4n) is 3.52. The lowest BCUT2D eigenvalue weighted by atomic mass is 9.92. The lowest BCUT2D eigenvalue weighted by molar-refractivity contribution is 0.835. The Morgan fingerprint density at radius 3 is 1.87 bits per heavy atom. The molecule has 0 saturated carbocycles. The van der Waals surface area contributed by atoms with Crippen LogP contribution in [0.1, 0.15) is 63.1 Å². The van der Waals surface area contributed by atoms with Gasteiger partial charge in [-0.1, -0.05) is 93.9 Å². The maximum atomic E-state index is 6.48. The van der Waals surface area contributed by atoms with Crippen LogP contribution in [0.4, 0.5) is 11.4 Å². The van der Waals surface area contributed by atoms with Crippen molar-refractivity contribution in [3.63, 3.8) is 0 Å². The van der Waals surface area contributed by atoms with Crippen molar-refractivity contribution in [3.05, 3.63) is 92.9 Å². The molecular formula is C27H28BrClN2. The Labute approximate surface area is 199 Å². The molecule has 0 radical (unpaired) electrons. The molecule has 0 bridgehead atoms. The summed E-state index contributed by atoms with van der Waals surface area (Å²) in [5.41, 5.74) is 6.92. The molecule has 0 heterocycles. The molecular weight excluding hydrogens is 468 g/mol. The van der Waals surface area contributed by atoms with Gasteiger partial charge < -0.3 is 0 Å². The van der Waals surface area contributed by atoms with Crippen molar-refractivity contribution in [1.82, 2.24) is 0 Å². The number of hydrogen-bond acceptors (Lipinski definition) is 2. The van der Waals surface area contributed by atoms with Crippen LogP contribution in [-0.2, 0) is 0 Å². The zero-order valence-electron chi connectivity index (χ0n) is 18.7. The van der Waals surface area contributed by atoms with Crippen molar-refractivity contribution in [1.29, 1.82) is 0 Å². The van der Waals surface area contributed by atoms with Crippen molar-refractivity contribution in [2.75, 3.05) is 0 Å². The first-order valence-electron chi connectivity index (χ1n) is 10.6. The third-order valence-electron chi connectivity index (χ3n) is 5.17. The topological polar surface area (TPSA) is 24.7 Å². The minimum absolute atomic E-state index is 0.375. The Morgan fingerprint density at radius 2 is 1.32 bits per heavy atom. The van der Waals surface area contributed by atoms with Gasteiger partial charge >= 0.3 is 0 Å². The normalized spacial score (nSPS) is 12.7. The predicted molar refractivity (Wildman–Crippen MR) is 139 cm³/mol. The van der Waals surface area contributed by atoms with Crippen LogP contribution in [-0.4, -0.2) is 11.4 Å². The van der Waals surface area contributed by atoms with Gasteiger partial charge in [0.1, 0.15) is 0 Å². The SMILES string of the molecule is CC(=Nc1c(C(C)C)cccc1C(C)C)C(=Nc1c(Cl)cccc1Br)c1ccccc1. The predicted octanol–water partition coefficient (Wildman–Crippen LogP) is 9.26. The molecule has 31 heavy (non-hydrogen) atoms. The summed E-state index contributed by atoms with van der Waals surface area (Å²) in [7, 11) is 0. The number of hydrogen-bond donors (Lipinski definition) is 0. The molecule has 0 amide bonds. The van der Waals surface area contributed by atoms with Gasteiger partial charge in [0.25, 0.3) is 0 Å². The summed E-state index contributed by atoms with van der Waals surface area (Å²) in [4.78, 5) is 10.1. The second-order valence-corrected chi connectivity index (χ2v) is 9.45. The van der Waals surface area contributed by atoms with E-state index in [0.29, 0.717) is 22.5 Å². The van der Waals surface area contributed by atoms with Crippen LogP contribution in [0.3, 0.4) is 0 Å². The summed E-state index contributed by atoms with van der Waals surface area (Å²) in [6.45, 7) is 10.9. The van der Waals surface area contributed by atoms with Gasteiger partial charge in [0, 0.05) is 10.0 Å². The summed E-state index contributed by atoms with van der Waals surface area (Å²) in [5, 5.41) is 0.598. The van der Waals surface area contributed by atoms with Gasteiger partial charge in [0.05, 0.1) is 27.8 Å². The Morgan fingerprint density at radius 1 is 0.742 bits per heavy atom. The van der Waals surface area contributed by atoms with E-state index < -0.39 is 0 Å². The fraction of sp³-hybridized carbons (Fsp3) is 0.259. The molecule has 4 heteroatoms. The molecule has 3 rings (SSSR count). The number of para-hydroxylation sites is 2. The van der Waals surface area contributed by atoms with Crippen molar-refractivity contribution in [2.45, 2.75) is 46.5 Å². The third-order valence-corrected chi connectivity index (χ3v) is 6.12. The van der Waals surface area contributed by atoms with Crippen LogP contribution in [0.25, 0.3) is 0 Å². The minimum Gasteiger partial charge on any atom is -0.251 e. The van der Waals surface area contributed by atoms with Crippen LogP contribution in [0, 0.1) is 0 Å². The second-order valence-electron chi connectivity index (χ2n) is 8.19. The standard InChI is InChI=1S/C27H28BrClN2/c1-17(2)21-13-9-14-22(18(3)4)26(21)30-19(5)25(20-11-7-6-8-12-20)31-27-23(28)15-10-16-24(27)29/h6-18H,1-5H3. The highest BCUT2D eigenvalue weighted by Gasteiger charge is 2.16. The monoisotopic (exact) mass is 494 g/mol. The van der Waals surface area contributed by atoms with E-state index in [-0.39, 0.29) is 0 Å². The van der Waals surface area contributed by atoms with Crippen molar-refractivity contribution < 1.29 is 0 Å². The number of halogens is 2. The third kappa shape index (κ3) is 5.53. The molecule has 0 atom stereocenters. The number of aliphatic imine (C=N–C) groups is 2. The zero-order chi connectivity index (χ0) is 22.5. The van der Waals surface area contributed by atoms with E-state index in [2.05, 4.69) is 74.0 Å². The molecule has 3 aromatic carbocycles. The van der Waals surface area contributed by atoms with Crippen LogP contribution < -0.4 is 0 Å². The van der Waals surface area contributed by atoms with Gasteiger partial charge in [0.15, 0.2) is 0 Å². The Hall–Kier alpha value is -2.23. The summed E-state index contributed by atoms with van der Waals surface area (Å²) in [6.07, 6.45) is 0. The van der Waals surface area contributed by atoms with Crippen LogP contribution >= 0.6 is 27.5 Å². The van der Waals surface area contributed by atoms with E-state index in [1.165, 1.54) is 11.1 Å². The lowest BCUT2D eigenvalue weighted by Crippen LogP contribution is -2.12. The van der Waals surface area contributed by atoms with Gasteiger partial charge in [-0.05, 0) is 57.9 Å². The Bertz CT molecular complexity index is 1070. The van der Waals surface area contributed by atoms with Crippen LogP contribution in [0.2, 0.25) is 5.02 Å². The van der Waals surface area contributed by atoms with Crippen molar-refractivity contribution >= 4 is 50.3 Å². The average Bonchev–Trinajstić information content (AvgIpc) is 2.74. The van der Waals surface area contributed by atoms with E-state index in [4.69, 9.17) is 21.6 Å². The smallest absolute Gasteiger partial charge is 0.0966 e. The van der Waals surface area contributed by atoms with Crippen LogP contribution in [0.5, 0.6) is 0 Å². The van der Waals surface area contributed by atoms with Crippen molar-refractivity contribution in [2.24, 2.45) is 9.98 Å². The van der Waals surface area contributed by atoms with Gasteiger partial charge in [-0.15, -0.1) is 0 Å². The summed E-state index contributed by atoms with van der Waals surface area (Å²) in [6, 6.07) is 22.3. The molecule has 0 aliphatic carbocycles. The highest BCUT2D eigenvalue weighted by molar-refractivity contribution is 9.10.